The zero-order valence-electron chi connectivity index (χ0n) is 7.71. The van der Waals surface area contributed by atoms with Gasteiger partial charge in [0.05, 0.1) is 9.90 Å². The smallest absolute Gasteiger partial charge is 0.206 e. The van der Waals surface area contributed by atoms with Crippen LogP contribution in [0.3, 0.4) is 0 Å². The summed E-state index contributed by atoms with van der Waals surface area (Å²) >= 11 is 12.3. The van der Waals surface area contributed by atoms with Crippen molar-refractivity contribution in [2.75, 3.05) is 0 Å². The van der Waals surface area contributed by atoms with Crippen molar-refractivity contribution in [3.8, 4) is 0 Å². The molecular formula is C10H6BrClOS2. The summed E-state index contributed by atoms with van der Waals surface area (Å²) in [6.45, 7) is 1.90. The van der Waals surface area contributed by atoms with Crippen molar-refractivity contribution >= 4 is 56.0 Å². The number of hydrogen-bond donors (Lipinski definition) is 0. The molecule has 0 fully saturated rings. The summed E-state index contributed by atoms with van der Waals surface area (Å²) in [6.07, 6.45) is 0. The summed E-state index contributed by atoms with van der Waals surface area (Å²) in [5.74, 6) is -0.00812. The maximum absolute atomic E-state index is 12.1. The number of carbonyl (C=O) groups is 1. The minimum atomic E-state index is -0.00812. The van der Waals surface area contributed by atoms with Gasteiger partial charge in [0.15, 0.2) is 0 Å². The Hall–Kier alpha value is -0.160. The molecule has 0 aromatic carbocycles. The number of rotatable bonds is 2. The van der Waals surface area contributed by atoms with Crippen LogP contribution in [-0.2, 0) is 0 Å². The molecule has 78 valence electrons. The molecule has 0 aliphatic heterocycles. The van der Waals surface area contributed by atoms with Gasteiger partial charge in [-0.15, -0.1) is 11.3 Å². The number of aryl methyl sites for hydroxylation is 1. The van der Waals surface area contributed by atoms with Crippen LogP contribution in [0.25, 0.3) is 0 Å². The van der Waals surface area contributed by atoms with E-state index in [2.05, 4.69) is 15.9 Å². The number of carbonyl (C=O) groups excluding carboxylic acids is 1. The lowest BCUT2D eigenvalue weighted by Gasteiger charge is -1.96. The second-order valence-corrected chi connectivity index (χ2v) is 5.88. The highest BCUT2D eigenvalue weighted by molar-refractivity contribution is 9.10. The van der Waals surface area contributed by atoms with Crippen LogP contribution >= 0.6 is 50.2 Å². The zero-order chi connectivity index (χ0) is 11.0. The van der Waals surface area contributed by atoms with Crippen molar-refractivity contribution in [1.82, 2.24) is 0 Å². The molecule has 0 unspecified atom stereocenters. The molecule has 0 aliphatic rings. The van der Waals surface area contributed by atoms with Crippen molar-refractivity contribution < 1.29 is 4.79 Å². The van der Waals surface area contributed by atoms with Gasteiger partial charge in [0.2, 0.25) is 5.78 Å². The molecule has 0 bridgehead atoms. The Balaban J connectivity index is 2.46. The van der Waals surface area contributed by atoms with E-state index in [1.54, 1.807) is 0 Å². The predicted molar refractivity (Wildman–Crippen MR) is 69.5 cm³/mol. The fourth-order valence-electron chi connectivity index (χ4n) is 1.15. The maximum atomic E-state index is 12.1. The Morgan fingerprint density at radius 1 is 1.40 bits per heavy atom. The van der Waals surface area contributed by atoms with Gasteiger partial charge in [-0.2, -0.15) is 11.3 Å². The van der Waals surface area contributed by atoms with Crippen molar-refractivity contribution in [2.45, 2.75) is 6.92 Å². The minimum Gasteiger partial charge on any atom is -0.288 e. The van der Waals surface area contributed by atoms with E-state index in [-0.39, 0.29) is 5.78 Å². The van der Waals surface area contributed by atoms with Gasteiger partial charge in [0.1, 0.15) is 0 Å². The molecule has 0 spiro atoms. The van der Waals surface area contributed by atoms with Gasteiger partial charge in [0.25, 0.3) is 0 Å². The topological polar surface area (TPSA) is 17.1 Å². The van der Waals surface area contributed by atoms with Crippen molar-refractivity contribution in [3.05, 3.63) is 41.6 Å². The van der Waals surface area contributed by atoms with Gasteiger partial charge in [-0.05, 0) is 33.8 Å². The summed E-state index contributed by atoms with van der Waals surface area (Å²) in [4.78, 5) is 12.7. The number of halogens is 2. The standard InChI is InChI=1S/C10H6BrClOS2/c1-5-2-15-10(8(5)12)9(13)6-3-14-4-7(6)11/h2-4H,1H3. The van der Waals surface area contributed by atoms with Gasteiger partial charge in [0, 0.05) is 20.8 Å². The lowest BCUT2D eigenvalue weighted by Crippen LogP contribution is -1.98. The van der Waals surface area contributed by atoms with Crippen molar-refractivity contribution in [1.29, 1.82) is 0 Å². The van der Waals surface area contributed by atoms with Crippen LogP contribution in [0.5, 0.6) is 0 Å². The van der Waals surface area contributed by atoms with Crippen LogP contribution < -0.4 is 0 Å². The monoisotopic (exact) mass is 320 g/mol. The summed E-state index contributed by atoms with van der Waals surface area (Å²) in [7, 11) is 0. The number of hydrogen-bond acceptors (Lipinski definition) is 3. The Morgan fingerprint density at radius 2 is 2.13 bits per heavy atom. The Morgan fingerprint density at radius 3 is 2.60 bits per heavy atom. The number of ketones is 1. The fourth-order valence-corrected chi connectivity index (χ4v) is 3.84. The zero-order valence-corrected chi connectivity index (χ0v) is 11.7. The quantitative estimate of drug-likeness (QED) is 0.729. The fraction of sp³-hybridized carbons (Fsp3) is 0.100. The van der Waals surface area contributed by atoms with E-state index in [1.165, 1.54) is 22.7 Å². The third-order valence-electron chi connectivity index (χ3n) is 1.96. The first-order valence-corrected chi connectivity index (χ1v) is 7.10. The molecule has 2 aromatic rings. The third-order valence-corrected chi connectivity index (χ3v) is 5.36. The highest BCUT2D eigenvalue weighted by atomic mass is 79.9. The normalized spacial score (nSPS) is 10.6. The highest BCUT2D eigenvalue weighted by Crippen LogP contribution is 2.32. The summed E-state index contributed by atoms with van der Waals surface area (Å²) in [5.41, 5.74) is 1.64. The van der Waals surface area contributed by atoms with E-state index < -0.39 is 0 Å². The van der Waals surface area contributed by atoms with Crippen molar-refractivity contribution in [2.24, 2.45) is 0 Å². The molecule has 0 aliphatic carbocycles. The highest BCUT2D eigenvalue weighted by Gasteiger charge is 2.19. The number of thiophene rings is 2. The van der Waals surface area contributed by atoms with E-state index in [4.69, 9.17) is 11.6 Å². The van der Waals surface area contributed by atoms with Gasteiger partial charge in [-0.25, -0.2) is 0 Å². The molecule has 0 N–H and O–H groups in total. The van der Waals surface area contributed by atoms with E-state index in [1.807, 2.05) is 23.1 Å². The SMILES string of the molecule is Cc1csc(C(=O)c2cscc2Br)c1Cl. The van der Waals surface area contributed by atoms with Crippen LogP contribution in [-0.4, -0.2) is 5.78 Å². The first-order chi connectivity index (χ1) is 7.11. The minimum absolute atomic E-state index is 0.00812. The molecule has 5 heteroatoms. The average Bonchev–Trinajstić information content (AvgIpc) is 2.75. The van der Waals surface area contributed by atoms with Gasteiger partial charge >= 0.3 is 0 Å². The molecule has 0 radical (unpaired) electrons. The van der Waals surface area contributed by atoms with Gasteiger partial charge < -0.3 is 0 Å². The van der Waals surface area contributed by atoms with Crippen LogP contribution in [0, 0.1) is 6.92 Å². The van der Waals surface area contributed by atoms with Crippen LogP contribution in [0.4, 0.5) is 0 Å². The molecule has 0 atom stereocenters. The summed E-state index contributed by atoms with van der Waals surface area (Å²) < 4.78 is 0.833. The second kappa shape index (κ2) is 4.37. The molecule has 1 nitrogen and oxygen atoms in total. The average molecular weight is 322 g/mol. The van der Waals surface area contributed by atoms with E-state index in [9.17, 15) is 4.79 Å². The largest absolute Gasteiger partial charge is 0.288 e. The van der Waals surface area contributed by atoms with Gasteiger partial charge in [-0.1, -0.05) is 11.6 Å². The second-order valence-electron chi connectivity index (χ2n) is 3.02. The Labute approximate surface area is 109 Å². The van der Waals surface area contributed by atoms with Crippen LogP contribution in [0.1, 0.15) is 20.8 Å². The lowest BCUT2D eigenvalue weighted by molar-refractivity contribution is 0.104. The molecule has 2 aromatic heterocycles. The molecule has 2 heterocycles. The Kier molecular flexibility index (Phi) is 3.30. The van der Waals surface area contributed by atoms with Gasteiger partial charge in [-0.3, -0.25) is 4.79 Å². The lowest BCUT2D eigenvalue weighted by atomic mass is 10.2. The van der Waals surface area contributed by atoms with E-state index in [0.717, 1.165) is 10.0 Å². The molecular weight excluding hydrogens is 316 g/mol. The van der Waals surface area contributed by atoms with Crippen LogP contribution in [0.15, 0.2) is 20.6 Å². The maximum Gasteiger partial charge on any atom is 0.206 e. The molecule has 2 rings (SSSR count). The molecule has 0 saturated carbocycles. The van der Waals surface area contributed by atoms with Crippen LogP contribution in [0.2, 0.25) is 5.02 Å². The first-order valence-electron chi connectivity index (χ1n) is 4.11. The molecule has 0 amide bonds. The molecule has 0 saturated heterocycles. The summed E-state index contributed by atoms with van der Waals surface area (Å²) in [6, 6.07) is 0. The molecule has 15 heavy (non-hydrogen) atoms. The summed E-state index contributed by atoms with van der Waals surface area (Å²) in [5, 5.41) is 6.19. The van der Waals surface area contributed by atoms with E-state index >= 15 is 0 Å². The third kappa shape index (κ3) is 2.04. The Bertz CT molecular complexity index is 515. The van der Waals surface area contributed by atoms with E-state index in [0.29, 0.717) is 15.5 Å². The first kappa shape index (κ1) is 11.3. The predicted octanol–water partition coefficient (Wildman–Crippen LogP) is 4.76. The van der Waals surface area contributed by atoms with Crippen molar-refractivity contribution in [3.63, 3.8) is 0 Å².